The van der Waals surface area contributed by atoms with Gasteiger partial charge < -0.3 is 0 Å². The van der Waals surface area contributed by atoms with Crippen molar-refractivity contribution in [1.29, 1.82) is 0 Å². The van der Waals surface area contributed by atoms with Gasteiger partial charge in [-0.25, -0.2) is 4.98 Å². The first-order valence-electron chi connectivity index (χ1n) is 8.44. The van der Waals surface area contributed by atoms with Crippen molar-refractivity contribution in [2.75, 3.05) is 0 Å². The average Bonchev–Trinajstić information content (AvgIpc) is 3.03. The van der Waals surface area contributed by atoms with Crippen molar-refractivity contribution in [3.63, 3.8) is 0 Å². The largest absolute Gasteiger partial charge is 0.269 e. The zero-order valence-electron chi connectivity index (χ0n) is 14.1. The lowest BCUT2D eigenvalue weighted by Gasteiger charge is -2.02. The fourth-order valence-electron chi connectivity index (χ4n) is 2.69. The fourth-order valence-corrected chi connectivity index (χ4v) is 3.82. The summed E-state index contributed by atoms with van der Waals surface area (Å²) in [5, 5.41) is 11.8. The molecule has 1 aromatic heterocycles. The molecule has 2 aromatic carbocycles. The Bertz CT molecular complexity index is 842. The van der Waals surface area contributed by atoms with E-state index < -0.39 is 0 Å². The lowest BCUT2D eigenvalue weighted by atomic mass is 10.1. The maximum Gasteiger partial charge on any atom is 0.269 e. The van der Waals surface area contributed by atoms with Gasteiger partial charge in [0.15, 0.2) is 0 Å². The minimum Gasteiger partial charge on any atom is -0.258 e. The summed E-state index contributed by atoms with van der Waals surface area (Å²) < 4.78 is 0. The second kappa shape index (κ2) is 8.03. The van der Waals surface area contributed by atoms with Gasteiger partial charge in [-0.15, -0.1) is 11.3 Å². The quantitative estimate of drug-likeness (QED) is 0.408. The molecule has 0 aliphatic rings. The highest BCUT2D eigenvalue weighted by Gasteiger charge is 2.14. The number of unbranched alkanes of at least 4 members (excludes halogenated alkanes) is 1. The van der Waals surface area contributed by atoms with Crippen LogP contribution < -0.4 is 0 Å². The molecule has 0 aliphatic carbocycles. The van der Waals surface area contributed by atoms with Crippen LogP contribution in [0.2, 0.25) is 0 Å². The van der Waals surface area contributed by atoms with Crippen LogP contribution in [0.1, 0.15) is 35.9 Å². The van der Waals surface area contributed by atoms with Crippen LogP contribution >= 0.6 is 11.3 Å². The first-order valence-corrected chi connectivity index (χ1v) is 9.26. The predicted molar refractivity (Wildman–Crippen MR) is 102 cm³/mol. The van der Waals surface area contributed by atoms with Crippen LogP contribution in [0.15, 0.2) is 54.6 Å². The molecule has 1 heterocycles. The lowest BCUT2D eigenvalue weighted by Crippen LogP contribution is -1.93. The third-order valence-electron chi connectivity index (χ3n) is 4.08. The van der Waals surface area contributed by atoms with Gasteiger partial charge in [0.2, 0.25) is 0 Å². The average molecular weight is 352 g/mol. The number of nitro groups is 1. The summed E-state index contributed by atoms with van der Waals surface area (Å²) in [5.41, 5.74) is 3.42. The Morgan fingerprint density at radius 2 is 1.80 bits per heavy atom. The molecule has 0 atom stereocenters. The standard InChI is InChI=1S/C20H20N2O2S/c1-2-3-9-19-18(14-15-7-5-4-6-8-15)21-20(25-19)16-10-12-17(13-11-16)22(23)24/h4-8,10-13H,2-3,9,14H2,1H3. The number of benzene rings is 2. The minimum absolute atomic E-state index is 0.107. The Balaban J connectivity index is 1.90. The third-order valence-corrected chi connectivity index (χ3v) is 5.28. The molecule has 0 saturated carbocycles. The maximum absolute atomic E-state index is 10.8. The van der Waals surface area contributed by atoms with Gasteiger partial charge in [0.25, 0.3) is 5.69 Å². The summed E-state index contributed by atoms with van der Waals surface area (Å²) in [7, 11) is 0. The van der Waals surface area contributed by atoms with Crippen LogP contribution in [-0.2, 0) is 12.8 Å². The van der Waals surface area contributed by atoms with Crippen LogP contribution in [0.25, 0.3) is 10.6 Å². The minimum atomic E-state index is -0.376. The van der Waals surface area contributed by atoms with E-state index in [1.807, 2.05) is 18.2 Å². The number of rotatable bonds is 7. The number of non-ortho nitro benzene ring substituents is 1. The first-order chi connectivity index (χ1) is 12.2. The van der Waals surface area contributed by atoms with Gasteiger partial charge in [0, 0.05) is 29.0 Å². The van der Waals surface area contributed by atoms with Gasteiger partial charge in [-0.2, -0.15) is 0 Å². The van der Waals surface area contributed by atoms with Gasteiger partial charge in [0.1, 0.15) is 5.01 Å². The summed E-state index contributed by atoms with van der Waals surface area (Å²) in [6.45, 7) is 2.19. The molecule has 25 heavy (non-hydrogen) atoms. The fraction of sp³-hybridized carbons (Fsp3) is 0.250. The van der Waals surface area contributed by atoms with Gasteiger partial charge >= 0.3 is 0 Å². The molecule has 0 unspecified atom stereocenters. The van der Waals surface area contributed by atoms with Gasteiger partial charge in [-0.1, -0.05) is 43.7 Å². The molecule has 5 heteroatoms. The molecule has 0 aliphatic heterocycles. The molecule has 3 rings (SSSR count). The zero-order chi connectivity index (χ0) is 17.6. The highest BCUT2D eigenvalue weighted by molar-refractivity contribution is 7.15. The van der Waals surface area contributed by atoms with Crippen LogP contribution in [0.4, 0.5) is 5.69 Å². The van der Waals surface area contributed by atoms with E-state index in [0.717, 1.165) is 41.9 Å². The Hall–Kier alpha value is -2.53. The van der Waals surface area contributed by atoms with Crippen LogP contribution in [0.5, 0.6) is 0 Å². The molecule has 0 fully saturated rings. The Kier molecular flexibility index (Phi) is 5.56. The van der Waals surface area contributed by atoms with E-state index in [1.165, 1.54) is 10.4 Å². The molecular weight excluding hydrogens is 332 g/mol. The number of nitro benzene ring substituents is 1. The van der Waals surface area contributed by atoms with E-state index in [-0.39, 0.29) is 10.6 Å². The number of thiazole rings is 1. The van der Waals surface area contributed by atoms with Crippen LogP contribution in [-0.4, -0.2) is 9.91 Å². The van der Waals surface area contributed by atoms with Gasteiger partial charge in [0.05, 0.1) is 10.6 Å². The SMILES string of the molecule is CCCCc1sc(-c2ccc([N+](=O)[O-])cc2)nc1Cc1ccccc1. The molecule has 128 valence electrons. The topological polar surface area (TPSA) is 56.0 Å². The predicted octanol–water partition coefficient (Wildman–Crippen LogP) is 5.65. The summed E-state index contributed by atoms with van der Waals surface area (Å²) in [6.07, 6.45) is 4.14. The number of nitrogens with zero attached hydrogens (tertiary/aromatic N) is 2. The van der Waals surface area contributed by atoms with Crippen molar-refractivity contribution < 1.29 is 4.92 Å². The monoisotopic (exact) mass is 352 g/mol. The maximum atomic E-state index is 10.8. The summed E-state index contributed by atoms with van der Waals surface area (Å²) in [5.74, 6) is 0. The zero-order valence-corrected chi connectivity index (χ0v) is 15.0. The molecule has 0 amide bonds. The second-order valence-corrected chi connectivity index (χ2v) is 7.04. The molecule has 0 spiro atoms. The van der Waals surface area contributed by atoms with E-state index in [4.69, 9.17) is 4.98 Å². The van der Waals surface area contributed by atoms with Crippen LogP contribution in [0.3, 0.4) is 0 Å². The van der Waals surface area contributed by atoms with Crippen molar-refractivity contribution in [2.45, 2.75) is 32.6 Å². The highest BCUT2D eigenvalue weighted by atomic mass is 32.1. The number of aryl methyl sites for hydroxylation is 1. The van der Waals surface area contributed by atoms with Crippen molar-refractivity contribution in [1.82, 2.24) is 4.98 Å². The number of hydrogen-bond donors (Lipinski definition) is 0. The van der Waals surface area contributed by atoms with E-state index in [0.29, 0.717) is 0 Å². The van der Waals surface area contributed by atoms with Crippen molar-refractivity contribution in [3.8, 4) is 10.6 Å². The highest BCUT2D eigenvalue weighted by Crippen LogP contribution is 2.31. The molecule has 0 N–H and O–H groups in total. The normalized spacial score (nSPS) is 10.8. The van der Waals surface area contributed by atoms with Crippen molar-refractivity contribution >= 4 is 17.0 Å². The Morgan fingerprint density at radius 1 is 1.08 bits per heavy atom. The molecule has 3 aromatic rings. The smallest absolute Gasteiger partial charge is 0.258 e. The molecule has 0 radical (unpaired) electrons. The molecule has 0 saturated heterocycles. The summed E-state index contributed by atoms with van der Waals surface area (Å²) in [4.78, 5) is 16.6. The van der Waals surface area contributed by atoms with E-state index in [1.54, 1.807) is 35.6 Å². The van der Waals surface area contributed by atoms with E-state index >= 15 is 0 Å². The molecular formula is C20H20N2O2S. The number of aromatic nitrogens is 1. The van der Waals surface area contributed by atoms with E-state index in [2.05, 4.69) is 19.1 Å². The molecule has 0 bridgehead atoms. The summed E-state index contributed by atoms with van der Waals surface area (Å²) >= 11 is 1.71. The van der Waals surface area contributed by atoms with Crippen molar-refractivity contribution in [3.05, 3.63) is 80.8 Å². The third kappa shape index (κ3) is 4.31. The number of hydrogen-bond acceptors (Lipinski definition) is 4. The molecule has 4 nitrogen and oxygen atoms in total. The van der Waals surface area contributed by atoms with Crippen LogP contribution in [0, 0.1) is 10.1 Å². The van der Waals surface area contributed by atoms with Gasteiger partial charge in [-0.05, 0) is 30.5 Å². The Morgan fingerprint density at radius 3 is 2.44 bits per heavy atom. The second-order valence-electron chi connectivity index (χ2n) is 5.96. The Labute approximate surface area is 151 Å². The van der Waals surface area contributed by atoms with E-state index in [9.17, 15) is 10.1 Å². The lowest BCUT2D eigenvalue weighted by molar-refractivity contribution is -0.384. The van der Waals surface area contributed by atoms with Crippen molar-refractivity contribution in [2.24, 2.45) is 0 Å². The first kappa shape index (κ1) is 17.3. The summed E-state index contributed by atoms with van der Waals surface area (Å²) in [6, 6.07) is 17.0. The van der Waals surface area contributed by atoms with Gasteiger partial charge in [-0.3, -0.25) is 10.1 Å².